The molecule has 138 valence electrons. The lowest BCUT2D eigenvalue weighted by Crippen LogP contribution is -2.32. The van der Waals surface area contributed by atoms with Crippen molar-refractivity contribution in [3.8, 4) is 17.6 Å². The molecule has 2 N–H and O–H groups in total. The number of ether oxygens (including phenoxy) is 2. The highest BCUT2D eigenvalue weighted by Crippen LogP contribution is 2.27. The number of amides is 2. The Morgan fingerprint density at radius 1 is 1.00 bits per heavy atom. The fourth-order valence-electron chi connectivity index (χ4n) is 2.13. The third kappa shape index (κ3) is 5.06. The van der Waals surface area contributed by atoms with Crippen molar-refractivity contribution in [1.82, 2.24) is 5.43 Å². The Bertz CT molecular complexity index is 914. The molecule has 0 aliphatic rings. The van der Waals surface area contributed by atoms with Crippen LogP contribution in [0.3, 0.4) is 0 Å². The van der Waals surface area contributed by atoms with E-state index < -0.39 is 11.8 Å². The number of nitrogens with zero attached hydrogens (tertiary/aromatic N) is 2. The molecule has 0 saturated heterocycles. The first-order valence-electron chi connectivity index (χ1n) is 7.86. The molecular weight excluding hydrogens is 348 g/mol. The summed E-state index contributed by atoms with van der Waals surface area (Å²) in [7, 11) is 3.05. The molecule has 0 heterocycles. The van der Waals surface area contributed by atoms with Gasteiger partial charge < -0.3 is 14.8 Å². The van der Waals surface area contributed by atoms with Crippen molar-refractivity contribution in [3.05, 3.63) is 53.6 Å². The molecule has 0 atom stereocenters. The summed E-state index contributed by atoms with van der Waals surface area (Å²) < 4.78 is 10.4. The van der Waals surface area contributed by atoms with E-state index >= 15 is 0 Å². The van der Waals surface area contributed by atoms with Crippen LogP contribution in [-0.2, 0) is 9.59 Å². The Balaban J connectivity index is 2.01. The van der Waals surface area contributed by atoms with E-state index in [9.17, 15) is 9.59 Å². The number of anilines is 1. The van der Waals surface area contributed by atoms with Gasteiger partial charge in [-0.05, 0) is 49.4 Å². The number of hydrazone groups is 1. The summed E-state index contributed by atoms with van der Waals surface area (Å²) >= 11 is 0. The molecule has 0 unspecified atom stereocenters. The second kappa shape index (κ2) is 9.01. The molecule has 2 aromatic rings. The normalized spacial score (nSPS) is 10.5. The first-order chi connectivity index (χ1) is 13.0. The number of methoxy groups -OCH3 is 2. The van der Waals surface area contributed by atoms with Crippen LogP contribution >= 0.6 is 0 Å². The lowest BCUT2D eigenvalue weighted by atomic mass is 10.1. The van der Waals surface area contributed by atoms with Crippen LogP contribution in [0.25, 0.3) is 0 Å². The summed E-state index contributed by atoms with van der Waals surface area (Å²) in [4.78, 5) is 23.8. The van der Waals surface area contributed by atoms with Gasteiger partial charge in [0.15, 0.2) is 11.5 Å². The molecular formula is C19H18N4O4. The minimum Gasteiger partial charge on any atom is -0.493 e. The molecule has 0 spiro atoms. The molecule has 0 saturated carbocycles. The molecule has 2 aromatic carbocycles. The Morgan fingerprint density at radius 2 is 1.67 bits per heavy atom. The molecule has 8 nitrogen and oxygen atoms in total. The third-order valence-electron chi connectivity index (χ3n) is 3.60. The molecule has 2 rings (SSSR count). The number of rotatable bonds is 5. The van der Waals surface area contributed by atoms with Crippen molar-refractivity contribution >= 4 is 23.2 Å². The zero-order valence-corrected chi connectivity index (χ0v) is 15.1. The monoisotopic (exact) mass is 366 g/mol. The van der Waals surface area contributed by atoms with Gasteiger partial charge in [0.05, 0.1) is 31.6 Å². The molecule has 0 fully saturated rings. The predicted octanol–water partition coefficient (Wildman–Crippen LogP) is 2.05. The van der Waals surface area contributed by atoms with Gasteiger partial charge in [-0.25, -0.2) is 5.43 Å². The summed E-state index contributed by atoms with van der Waals surface area (Å²) in [5.74, 6) is -0.697. The molecule has 8 heteroatoms. The van der Waals surface area contributed by atoms with Gasteiger partial charge in [0.25, 0.3) is 0 Å². The van der Waals surface area contributed by atoms with E-state index in [1.54, 1.807) is 25.1 Å². The van der Waals surface area contributed by atoms with Gasteiger partial charge in [-0.15, -0.1) is 0 Å². The number of nitrogens with one attached hydrogen (secondary N) is 2. The Labute approximate surface area is 156 Å². The average molecular weight is 366 g/mol. The molecule has 0 radical (unpaired) electrons. The van der Waals surface area contributed by atoms with Gasteiger partial charge in [0.2, 0.25) is 0 Å². The first-order valence-corrected chi connectivity index (χ1v) is 7.86. The lowest BCUT2D eigenvalue weighted by Gasteiger charge is -2.09. The number of benzene rings is 2. The van der Waals surface area contributed by atoms with Crippen LogP contribution in [0.5, 0.6) is 11.5 Å². The second-order valence-electron chi connectivity index (χ2n) is 5.35. The maximum atomic E-state index is 11.9. The standard InChI is InChI=1S/C19H18N4O4/c1-12(14-6-9-16(26-2)17(10-14)27-3)22-23-19(25)18(24)21-15-7-4-13(11-20)5-8-15/h4-10H,1-3H3,(H,21,24)(H,23,25)/b22-12+. The fraction of sp³-hybridized carbons (Fsp3) is 0.158. The molecule has 27 heavy (non-hydrogen) atoms. The summed E-state index contributed by atoms with van der Waals surface area (Å²) in [5, 5.41) is 15.1. The molecule has 0 aliphatic heterocycles. The van der Waals surface area contributed by atoms with Crippen molar-refractivity contribution in [3.63, 3.8) is 0 Å². The number of nitriles is 1. The van der Waals surface area contributed by atoms with Crippen molar-refractivity contribution in [2.75, 3.05) is 19.5 Å². The second-order valence-corrected chi connectivity index (χ2v) is 5.35. The Kier molecular flexibility index (Phi) is 6.49. The Morgan fingerprint density at radius 3 is 2.26 bits per heavy atom. The van der Waals surface area contributed by atoms with Crippen LogP contribution in [-0.4, -0.2) is 31.7 Å². The first kappa shape index (κ1) is 19.5. The Hall–Kier alpha value is -3.86. The summed E-state index contributed by atoms with van der Waals surface area (Å²) in [6.07, 6.45) is 0. The predicted molar refractivity (Wildman–Crippen MR) is 99.7 cm³/mol. The topological polar surface area (TPSA) is 113 Å². The van der Waals surface area contributed by atoms with Gasteiger partial charge in [-0.2, -0.15) is 10.4 Å². The van der Waals surface area contributed by atoms with E-state index in [1.165, 1.54) is 38.5 Å². The zero-order chi connectivity index (χ0) is 19.8. The number of carbonyl (C=O) groups excluding carboxylic acids is 2. The van der Waals surface area contributed by atoms with Crippen LogP contribution < -0.4 is 20.2 Å². The SMILES string of the molecule is COc1ccc(/C(C)=N/NC(=O)C(=O)Nc2ccc(C#N)cc2)cc1OC. The smallest absolute Gasteiger partial charge is 0.329 e. The highest BCUT2D eigenvalue weighted by molar-refractivity contribution is 6.39. The van der Waals surface area contributed by atoms with Gasteiger partial charge in [0.1, 0.15) is 0 Å². The maximum absolute atomic E-state index is 11.9. The average Bonchev–Trinajstić information content (AvgIpc) is 2.71. The van der Waals surface area contributed by atoms with Crippen molar-refractivity contribution in [2.24, 2.45) is 5.10 Å². The van der Waals surface area contributed by atoms with E-state index in [2.05, 4.69) is 15.8 Å². The highest BCUT2D eigenvalue weighted by Gasteiger charge is 2.14. The van der Waals surface area contributed by atoms with Gasteiger partial charge in [0, 0.05) is 11.3 Å². The molecule has 0 aromatic heterocycles. The van der Waals surface area contributed by atoms with E-state index in [1.807, 2.05) is 6.07 Å². The molecule has 0 aliphatic carbocycles. The fourth-order valence-corrected chi connectivity index (χ4v) is 2.13. The lowest BCUT2D eigenvalue weighted by molar-refractivity contribution is -0.136. The van der Waals surface area contributed by atoms with Gasteiger partial charge >= 0.3 is 11.8 Å². The largest absolute Gasteiger partial charge is 0.493 e. The van der Waals surface area contributed by atoms with Crippen molar-refractivity contribution < 1.29 is 19.1 Å². The van der Waals surface area contributed by atoms with E-state index in [4.69, 9.17) is 14.7 Å². The van der Waals surface area contributed by atoms with Crippen LogP contribution in [0.2, 0.25) is 0 Å². The van der Waals surface area contributed by atoms with Crippen LogP contribution in [0.4, 0.5) is 5.69 Å². The minimum atomic E-state index is -0.917. The van der Waals surface area contributed by atoms with Crippen LogP contribution in [0.15, 0.2) is 47.6 Å². The molecule has 0 bridgehead atoms. The number of hydrogen-bond acceptors (Lipinski definition) is 6. The zero-order valence-electron chi connectivity index (χ0n) is 15.1. The maximum Gasteiger partial charge on any atom is 0.329 e. The minimum absolute atomic E-state index is 0.398. The summed E-state index contributed by atoms with van der Waals surface area (Å²) in [6.45, 7) is 1.68. The van der Waals surface area contributed by atoms with E-state index in [0.29, 0.717) is 34.0 Å². The van der Waals surface area contributed by atoms with Crippen LogP contribution in [0.1, 0.15) is 18.1 Å². The van der Waals surface area contributed by atoms with E-state index in [-0.39, 0.29) is 0 Å². The third-order valence-corrected chi connectivity index (χ3v) is 3.60. The highest BCUT2D eigenvalue weighted by atomic mass is 16.5. The number of carbonyl (C=O) groups is 2. The van der Waals surface area contributed by atoms with Gasteiger partial charge in [-0.3, -0.25) is 9.59 Å². The van der Waals surface area contributed by atoms with Crippen molar-refractivity contribution in [1.29, 1.82) is 5.26 Å². The van der Waals surface area contributed by atoms with Crippen LogP contribution in [0, 0.1) is 11.3 Å². The summed E-state index contributed by atoms with van der Waals surface area (Å²) in [6, 6.07) is 13.3. The van der Waals surface area contributed by atoms with Gasteiger partial charge in [-0.1, -0.05) is 0 Å². The number of hydrogen-bond donors (Lipinski definition) is 2. The summed E-state index contributed by atoms with van der Waals surface area (Å²) in [5.41, 5.74) is 4.23. The molecule has 2 amide bonds. The quantitative estimate of drug-likeness (QED) is 0.478. The van der Waals surface area contributed by atoms with Crippen molar-refractivity contribution in [2.45, 2.75) is 6.92 Å². The van der Waals surface area contributed by atoms with E-state index in [0.717, 1.165) is 0 Å².